The summed E-state index contributed by atoms with van der Waals surface area (Å²) in [5.41, 5.74) is 0.890. The van der Waals surface area contributed by atoms with E-state index in [1.54, 1.807) is 0 Å². The highest BCUT2D eigenvalue weighted by Crippen LogP contribution is 2.39. The van der Waals surface area contributed by atoms with E-state index in [9.17, 15) is 0 Å². The molecule has 0 amide bonds. The highest BCUT2D eigenvalue weighted by molar-refractivity contribution is 4.95. The van der Waals surface area contributed by atoms with Crippen LogP contribution in [-0.2, 0) is 0 Å². The maximum Gasteiger partial charge on any atom is 0.0252 e. The number of rotatable bonds is 3. The van der Waals surface area contributed by atoms with Gasteiger partial charge in [0.15, 0.2) is 0 Å². The van der Waals surface area contributed by atoms with Crippen molar-refractivity contribution >= 4 is 0 Å². The number of hydrogen-bond acceptors (Lipinski definition) is 2. The fraction of sp³-hybridized carbons (Fsp3) is 1.00. The Morgan fingerprint density at radius 2 is 1.82 bits per heavy atom. The van der Waals surface area contributed by atoms with E-state index >= 15 is 0 Å². The van der Waals surface area contributed by atoms with Crippen LogP contribution in [0.25, 0.3) is 0 Å². The quantitative estimate of drug-likeness (QED) is 0.813. The first-order valence-electron chi connectivity index (χ1n) is 7.43. The molecule has 0 aromatic carbocycles. The van der Waals surface area contributed by atoms with Crippen molar-refractivity contribution < 1.29 is 0 Å². The van der Waals surface area contributed by atoms with Crippen LogP contribution in [0.4, 0.5) is 0 Å². The van der Waals surface area contributed by atoms with Gasteiger partial charge < -0.3 is 5.32 Å². The van der Waals surface area contributed by atoms with Gasteiger partial charge in [0.1, 0.15) is 0 Å². The molecule has 100 valence electrons. The fourth-order valence-corrected chi connectivity index (χ4v) is 3.68. The second-order valence-corrected chi connectivity index (χ2v) is 7.25. The Balaban J connectivity index is 2.00. The molecule has 1 saturated heterocycles. The molecule has 1 aliphatic heterocycles. The molecular formula is C15H30N2. The van der Waals surface area contributed by atoms with Crippen LogP contribution in [0.5, 0.6) is 0 Å². The molecule has 1 unspecified atom stereocenters. The molecule has 1 N–H and O–H groups in total. The van der Waals surface area contributed by atoms with Crippen molar-refractivity contribution in [2.45, 2.75) is 71.4 Å². The summed E-state index contributed by atoms with van der Waals surface area (Å²) in [6.07, 6.45) is 7.05. The minimum absolute atomic E-state index is 0.292. The Morgan fingerprint density at radius 3 is 2.41 bits per heavy atom. The lowest BCUT2D eigenvalue weighted by atomic mass is 9.86. The van der Waals surface area contributed by atoms with Gasteiger partial charge in [-0.05, 0) is 38.5 Å². The predicted molar refractivity (Wildman–Crippen MR) is 74.3 cm³/mol. The molecule has 0 aromatic heterocycles. The van der Waals surface area contributed by atoms with E-state index in [1.165, 1.54) is 51.7 Å². The summed E-state index contributed by atoms with van der Waals surface area (Å²) in [4.78, 5) is 2.77. The highest BCUT2D eigenvalue weighted by atomic mass is 15.3. The van der Waals surface area contributed by atoms with E-state index in [1.807, 2.05) is 0 Å². The number of nitrogens with one attached hydrogen (secondary N) is 1. The van der Waals surface area contributed by atoms with Crippen LogP contribution in [0.15, 0.2) is 0 Å². The van der Waals surface area contributed by atoms with E-state index in [0.717, 1.165) is 6.04 Å². The summed E-state index contributed by atoms with van der Waals surface area (Å²) < 4.78 is 0. The summed E-state index contributed by atoms with van der Waals surface area (Å²) in [6.45, 7) is 13.2. The molecule has 2 rings (SSSR count). The lowest BCUT2D eigenvalue weighted by Crippen LogP contribution is -2.62. The van der Waals surface area contributed by atoms with Gasteiger partial charge in [-0.25, -0.2) is 0 Å². The van der Waals surface area contributed by atoms with Crippen molar-refractivity contribution in [1.82, 2.24) is 10.2 Å². The normalized spacial score (nSPS) is 32.8. The van der Waals surface area contributed by atoms with E-state index in [0.29, 0.717) is 11.0 Å². The van der Waals surface area contributed by atoms with Gasteiger partial charge in [-0.15, -0.1) is 0 Å². The van der Waals surface area contributed by atoms with Gasteiger partial charge in [-0.2, -0.15) is 0 Å². The minimum Gasteiger partial charge on any atom is -0.309 e. The Labute approximate surface area is 107 Å². The summed E-state index contributed by atoms with van der Waals surface area (Å²) in [5, 5.41) is 3.69. The lowest BCUT2D eigenvalue weighted by Gasteiger charge is -2.47. The third-order valence-electron chi connectivity index (χ3n) is 4.80. The summed E-state index contributed by atoms with van der Waals surface area (Å²) in [7, 11) is 0. The molecule has 1 saturated carbocycles. The fourth-order valence-electron chi connectivity index (χ4n) is 3.68. The maximum atomic E-state index is 3.69. The van der Waals surface area contributed by atoms with Crippen LogP contribution in [-0.4, -0.2) is 36.1 Å². The van der Waals surface area contributed by atoms with Gasteiger partial charge in [0.25, 0.3) is 0 Å². The number of nitrogens with zero attached hydrogens (tertiary/aromatic N) is 1. The smallest absolute Gasteiger partial charge is 0.0252 e. The van der Waals surface area contributed by atoms with Crippen LogP contribution < -0.4 is 5.32 Å². The molecule has 0 spiro atoms. The average molecular weight is 238 g/mol. The minimum atomic E-state index is 0.292. The second-order valence-electron chi connectivity index (χ2n) is 7.25. The van der Waals surface area contributed by atoms with Gasteiger partial charge >= 0.3 is 0 Å². The zero-order chi connectivity index (χ0) is 12.5. The summed E-state index contributed by atoms with van der Waals surface area (Å²) >= 11 is 0. The van der Waals surface area contributed by atoms with Crippen LogP contribution in [0.1, 0.15) is 59.8 Å². The van der Waals surface area contributed by atoms with Gasteiger partial charge in [0.05, 0.1) is 0 Å². The standard InChI is InChI=1S/C15H30N2/c1-5-13-10-16-14(2,3)11-17(13)12-15(4)8-6-7-9-15/h13,16H,5-12H2,1-4H3. The molecule has 17 heavy (non-hydrogen) atoms. The van der Waals surface area contributed by atoms with Crippen molar-refractivity contribution in [1.29, 1.82) is 0 Å². The molecule has 0 aromatic rings. The van der Waals surface area contributed by atoms with Crippen molar-refractivity contribution in [3.8, 4) is 0 Å². The maximum absolute atomic E-state index is 3.69. The topological polar surface area (TPSA) is 15.3 Å². The molecule has 0 bridgehead atoms. The third-order valence-corrected chi connectivity index (χ3v) is 4.80. The molecule has 0 radical (unpaired) electrons. The van der Waals surface area contributed by atoms with Crippen LogP contribution >= 0.6 is 0 Å². The molecule has 2 heteroatoms. The molecular weight excluding hydrogens is 208 g/mol. The Hall–Kier alpha value is -0.0800. The van der Waals surface area contributed by atoms with E-state index in [-0.39, 0.29) is 0 Å². The average Bonchev–Trinajstić information content (AvgIpc) is 2.64. The Morgan fingerprint density at radius 1 is 1.18 bits per heavy atom. The van der Waals surface area contributed by atoms with Crippen LogP contribution in [0, 0.1) is 5.41 Å². The third kappa shape index (κ3) is 3.23. The number of piperazine rings is 1. The Kier molecular flexibility index (Phi) is 3.84. The van der Waals surface area contributed by atoms with Crippen molar-refractivity contribution in [3.63, 3.8) is 0 Å². The highest BCUT2D eigenvalue weighted by Gasteiger charge is 2.37. The summed E-state index contributed by atoms with van der Waals surface area (Å²) in [5.74, 6) is 0. The molecule has 1 heterocycles. The second kappa shape index (κ2) is 4.89. The van der Waals surface area contributed by atoms with E-state index in [4.69, 9.17) is 0 Å². The first kappa shape index (κ1) is 13.4. The van der Waals surface area contributed by atoms with Crippen LogP contribution in [0.3, 0.4) is 0 Å². The van der Waals surface area contributed by atoms with Gasteiger partial charge in [-0.1, -0.05) is 26.7 Å². The molecule has 1 aliphatic carbocycles. The zero-order valence-electron chi connectivity index (χ0n) is 12.2. The molecule has 2 fully saturated rings. The van der Waals surface area contributed by atoms with Gasteiger partial charge in [-0.3, -0.25) is 4.90 Å². The predicted octanol–water partition coefficient (Wildman–Crippen LogP) is 3.03. The van der Waals surface area contributed by atoms with Crippen molar-refractivity contribution in [2.24, 2.45) is 5.41 Å². The first-order valence-corrected chi connectivity index (χ1v) is 7.43. The Bertz CT molecular complexity index is 254. The van der Waals surface area contributed by atoms with Crippen molar-refractivity contribution in [2.75, 3.05) is 19.6 Å². The monoisotopic (exact) mass is 238 g/mol. The van der Waals surface area contributed by atoms with Gasteiger partial charge in [0, 0.05) is 31.2 Å². The largest absolute Gasteiger partial charge is 0.309 e. The van der Waals surface area contributed by atoms with Crippen molar-refractivity contribution in [3.05, 3.63) is 0 Å². The molecule has 2 aliphatic rings. The zero-order valence-corrected chi connectivity index (χ0v) is 12.2. The van der Waals surface area contributed by atoms with E-state index < -0.39 is 0 Å². The van der Waals surface area contributed by atoms with E-state index in [2.05, 4.69) is 37.9 Å². The number of hydrogen-bond donors (Lipinski definition) is 1. The first-order chi connectivity index (χ1) is 7.94. The molecule has 2 nitrogen and oxygen atoms in total. The van der Waals surface area contributed by atoms with Crippen LogP contribution in [0.2, 0.25) is 0 Å². The summed E-state index contributed by atoms with van der Waals surface area (Å²) in [6, 6.07) is 0.750. The van der Waals surface area contributed by atoms with Gasteiger partial charge in [0.2, 0.25) is 0 Å². The molecule has 1 atom stereocenters. The SMILES string of the molecule is CCC1CNC(C)(C)CN1CC1(C)CCCC1. The lowest BCUT2D eigenvalue weighted by molar-refractivity contribution is 0.0534.